The van der Waals surface area contributed by atoms with Crippen LogP contribution in [0.1, 0.15) is 5.56 Å². The van der Waals surface area contributed by atoms with Gasteiger partial charge in [-0.05, 0) is 12.5 Å². The summed E-state index contributed by atoms with van der Waals surface area (Å²) in [7, 11) is 0. The molecule has 1 heterocycles. The van der Waals surface area contributed by atoms with Gasteiger partial charge in [0.2, 0.25) is 5.95 Å². The molecule has 0 saturated carbocycles. The van der Waals surface area contributed by atoms with Gasteiger partial charge in [0.15, 0.2) is 0 Å². The number of nitro groups is 1. The molecule has 0 aliphatic heterocycles. The quantitative estimate of drug-likeness (QED) is 0.564. The summed E-state index contributed by atoms with van der Waals surface area (Å²) in [5.74, 6) is 0.197. The molecule has 2 rings (SSSR count). The van der Waals surface area contributed by atoms with Crippen molar-refractivity contribution >= 4 is 23.1 Å². The largest absolute Gasteiger partial charge is 0.369 e. The molecule has 98 valence electrons. The van der Waals surface area contributed by atoms with Crippen LogP contribution in [0.25, 0.3) is 0 Å². The first-order valence-electron chi connectivity index (χ1n) is 5.34. The summed E-state index contributed by atoms with van der Waals surface area (Å²) >= 11 is 0. The van der Waals surface area contributed by atoms with E-state index in [2.05, 4.69) is 15.3 Å². The second kappa shape index (κ2) is 4.77. The molecule has 0 amide bonds. The number of H-pyrrole nitrogens is 1. The highest BCUT2D eigenvalue weighted by atomic mass is 16.6. The highest BCUT2D eigenvalue weighted by Crippen LogP contribution is 2.24. The monoisotopic (exact) mass is 261 g/mol. The summed E-state index contributed by atoms with van der Waals surface area (Å²) < 4.78 is 0. The molecule has 1 aromatic heterocycles. The van der Waals surface area contributed by atoms with E-state index in [1.165, 1.54) is 18.2 Å². The number of hydrogen-bond donors (Lipinski definition) is 3. The first-order chi connectivity index (χ1) is 8.95. The van der Waals surface area contributed by atoms with E-state index in [1.807, 2.05) is 0 Å². The number of nitrogens with two attached hydrogens (primary N) is 1. The maximum atomic E-state index is 11.2. The van der Waals surface area contributed by atoms with Gasteiger partial charge in [-0.2, -0.15) is 4.98 Å². The van der Waals surface area contributed by atoms with Gasteiger partial charge in [-0.3, -0.25) is 19.9 Å². The van der Waals surface area contributed by atoms with Crippen molar-refractivity contribution in [2.45, 2.75) is 6.92 Å². The van der Waals surface area contributed by atoms with Crippen LogP contribution in [0.15, 0.2) is 29.1 Å². The number of aryl methyl sites for hydroxylation is 1. The highest BCUT2D eigenvalue weighted by molar-refractivity contribution is 5.64. The van der Waals surface area contributed by atoms with Crippen LogP contribution in [-0.2, 0) is 0 Å². The Hall–Kier alpha value is -2.90. The minimum Gasteiger partial charge on any atom is -0.369 e. The smallest absolute Gasteiger partial charge is 0.271 e. The highest BCUT2D eigenvalue weighted by Gasteiger charge is 2.09. The Morgan fingerprint density at radius 2 is 2.16 bits per heavy atom. The van der Waals surface area contributed by atoms with Crippen LogP contribution in [0.2, 0.25) is 0 Å². The number of anilines is 3. The summed E-state index contributed by atoms with van der Waals surface area (Å²) in [6, 6.07) is 5.60. The first kappa shape index (κ1) is 12.6. The molecule has 2 aromatic rings. The molecule has 0 bridgehead atoms. The van der Waals surface area contributed by atoms with Crippen molar-refractivity contribution in [2.24, 2.45) is 0 Å². The Morgan fingerprint density at radius 3 is 2.79 bits per heavy atom. The number of aromatic amines is 1. The summed E-state index contributed by atoms with van der Waals surface area (Å²) in [5.41, 5.74) is 6.24. The van der Waals surface area contributed by atoms with Crippen LogP contribution in [-0.4, -0.2) is 14.9 Å². The summed E-state index contributed by atoms with van der Waals surface area (Å²) in [6.45, 7) is 1.78. The molecular weight excluding hydrogens is 250 g/mol. The Bertz CT molecular complexity index is 695. The lowest BCUT2D eigenvalue weighted by atomic mass is 10.2. The van der Waals surface area contributed by atoms with Crippen molar-refractivity contribution in [3.63, 3.8) is 0 Å². The molecule has 0 saturated heterocycles. The first-order valence-corrected chi connectivity index (χ1v) is 5.34. The molecule has 0 atom stereocenters. The van der Waals surface area contributed by atoms with Gasteiger partial charge < -0.3 is 11.1 Å². The van der Waals surface area contributed by atoms with Crippen LogP contribution in [0.3, 0.4) is 0 Å². The second-order valence-electron chi connectivity index (χ2n) is 3.90. The lowest BCUT2D eigenvalue weighted by Crippen LogP contribution is -2.11. The fourth-order valence-electron chi connectivity index (χ4n) is 1.54. The zero-order valence-corrected chi connectivity index (χ0v) is 10.0. The number of nitrogen functional groups attached to an aromatic ring is 1. The van der Waals surface area contributed by atoms with E-state index in [1.54, 1.807) is 13.0 Å². The van der Waals surface area contributed by atoms with E-state index >= 15 is 0 Å². The van der Waals surface area contributed by atoms with E-state index in [0.717, 1.165) is 5.56 Å². The number of nitrogens with zero attached hydrogens (tertiary/aromatic N) is 2. The fourth-order valence-corrected chi connectivity index (χ4v) is 1.54. The van der Waals surface area contributed by atoms with Crippen LogP contribution < -0.4 is 16.6 Å². The van der Waals surface area contributed by atoms with E-state index in [0.29, 0.717) is 5.69 Å². The van der Waals surface area contributed by atoms with Gasteiger partial charge in [-0.25, -0.2) is 0 Å². The fraction of sp³-hybridized carbons (Fsp3) is 0.0909. The molecule has 8 heteroatoms. The Labute approximate surface area is 107 Å². The third-order valence-corrected chi connectivity index (χ3v) is 2.45. The zero-order chi connectivity index (χ0) is 14.0. The van der Waals surface area contributed by atoms with Gasteiger partial charge in [-0.1, -0.05) is 6.07 Å². The van der Waals surface area contributed by atoms with Crippen LogP contribution in [0.4, 0.5) is 23.1 Å². The lowest BCUT2D eigenvalue weighted by molar-refractivity contribution is -0.384. The number of nitrogens with one attached hydrogen (secondary N) is 2. The van der Waals surface area contributed by atoms with E-state index < -0.39 is 10.5 Å². The van der Waals surface area contributed by atoms with Crippen molar-refractivity contribution in [3.8, 4) is 0 Å². The van der Waals surface area contributed by atoms with Gasteiger partial charge in [-0.15, -0.1) is 0 Å². The van der Waals surface area contributed by atoms with Crippen LogP contribution >= 0.6 is 0 Å². The average Bonchev–Trinajstić information content (AvgIpc) is 2.30. The molecule has 4 N–H and O–H groups in total. The van der Waals surface area contributed by atoms with Gasteiger partial charge >= 0.3 is 0 Å². The number of hydrogen-bond acceptors (Lipinski definition) is 6. The zero-order valence-electron chi connectivity index (χ0n) is 10.0. The minimum absolute atomic E-state index is 0.0296. The molecular formula is C11H11N5O3. The topological polar surface area (TPSA) is 127 Å². The van der Waals surface area contributed by atoms with Gasteiger partial charge in [0.1, 0.15) is 5.82 Å². The van der Waals surface area contributed by atoms with Gasteiger partial charge in [0.05, 0.1) is 4.92 Å². The van der Waals surface area contributed by atoms with E-state index in [-0.39, 0.29) is 17.5 Å². The summed E-state index contributed by atoms with van der Waals surface area (Å²) in [6.07, 6.45) is 0. The minimum atomic E-state index is -0.496. The number of aromatic nitrogens is 2. The molecule has 19 heavy (non-hydrogen) atoms. The van der Waals surface area contributed by atoms with Crippen LogP contribution in [0, 0.1) is 17.0 Å². The van der Waals surface area contributed by atoms with Gasteiger partial charge in [0, 0.05) is 23.9 Å². The summed E-state index contributed by atoms with van der Waals surface area (Å²) in [5, 5.41) is 13.5. The van der Waals surface area contributed by atoms with Crippen molar-refractivity contribution in [3.05, 3.63) is 50.3 Å². The van der Waals surface area contributed by atoms with Crippen molar-refractivity contribution < 1.29 is 4.92 Å². The molecule has 0 aliphatic carbocycles. The third kappa shape index (κ3) is 2.86. The predicted octanol–water partition coefficient (Wildman–Crippen LogP) is 1.31. The third-order valence-electron chi connectivity index (χ3n) is 2.45. The molecule has 0 aliphatic rings. The van der Waals surface area contributed by atoms with E-state index in [4.69, 9.17) is 5.73 Å². The maximum absolute atomic E-state index is 11.2. The SMILES string of the molecule is Cc1ccc([N+](=O)[O-])cc1Nc1cc(=O)[nH]c(N)n1. The van der Waals surface area contributed by atoms with Crippen molar-refractivity contribution in [1.29, 1.82) is 0 Å². The molecule has 8 nitrogen and oxygen atoms in total. The van der Waals surface area contributed by atoms with E-state index in [9.17, 15) is 14.9 Å². The summed E-state index contributed by atoms with van der Waals surface area (Å²) in [4.78, 5) is 27.6. The molecule has 0 radical (unpaired) electrons. The van der Waals surface area contributed by atoms with Crippen LogP contribution in [0.5, 0.6) is 0 Å². The number of non-ortho nitro benzene ring substituents is 1. The maximum Gasteiger partial charge on any atom is 0.271 e. The standard InChI is InChI=1S/C11H11N5O3/c1-6-2-3-7(16(18)19)4-8(6)13-9-5-10(17)15-11(12)14-9/h2-5H,1H3,(H4,12,13,14,15,17). The normalized spacial score (nSPS) is 10.2. The van der Waals surface area contributed by atoms with Gasteiger partial charge in [0.25, 0.3) is 11.2 Å². The molecule has 0 unspecified atom stereocenters. The number of rotatable bonds is 3. The Morgan fingerprint density at radius 1 is 1.42 bits per heavy atom. The lowest BCUT2D eigenvalue weighted by Gasteiger charge is -2.08. The number of benzene rings is 1. The Kier molecular flexibility index (Phi) is 3.15. The second-order valence-corrected chi connectivity index (χ2v) is 3.90. The van der Waals surface area contributed by atoms with Crippen molar-refractivity contribution in [1.82, 2.24) is 9.97 Å². The predicted molar refractivity (Wildman–Crippen MR) is 70.4 cm³/mol. The van der Waals surface area contributed by atoms with Crippen molar-refractivity contribution in [2.75, 3.05) is 11.1 Å². The molecule has 0 spiro atoms. The molecule has 0 fully saturated rings. The Balaban J connectivity index is 2.39. The average molecular weight is 261 g/mol. The number of nitro benzene ring substituents is 1. The molecule has 1 aromatic carbocycles.